The third-order valence-electron chi connectivity index (χ3n) is 4.88. The molecule has 29 heavy (non-hydrogen) atoms. The molecule has 2 amide bonds. The number of hydrogen-bond acceptors (Lipinski definition) is 5. The number of pyridine rings is 1. The molecule has 0 radical (unpaired) electrons. The molecule has 1 atom stereocenters. The van der Waals surface area contributed by atoms with Crippen LogP contribution in [0.2, 0.25) is 5.02 Å². The standard InChI is InChI=1S/C22H26ClN3O3/c1-6-13(2)14-7-10-18(24-11-14)25-17-9-8-16(23)15-12-26(20(27)19(15)17)21(28)29-22(3,4)5/h7-11,13H,6,12H2,1-5H3,(H,24,25). The maximum Gasteiger partial charge on any atom is 0.417 e. The van der Waals surface area contributed by atoms with Crippen molar-refractivity contribution in [1.29, 1.82) is 0 Å². The summed E-state index contributed by atoms with van der Waals surface area (Å²) in [6.07, 6.45) is 2.19. The van der Waals surface area contributed by atoms with Crippen LogP contribution >= 0.6 is 11.6 Å². The van der Waals surface area contributed by atoms with E-state index in [4.69, 9.17) is 16.3 Å². The van der Waals surface area contributed by atoms with Crippen molar-refractivity contribution in [3.05, 3.63) is 52.2 Å². The SMILES string of the molecule is CCC(C)c1ccc(Nc2ccc(Cl)c3c2C(=O)N(C(=O)OC(C)(C)C)C3)nc1. The quantitative estimate of drug-likeness (QED) is 0.674. The van der Waals surface area contributed by atoms with Gasteiger partial charge >= 0.3 is 6.09 Å². The number of anilines is 2. The van der Waals surface area contributed by atoms with Gasteiger partial charge < -0.3 is 10.1 Å². The number of aromatic nitrogens is 1. The monoisotopic (exact) mass is 415 g/mol. The van der Waals surface area contributed by atoms with Crippen molar-refractivity contribution < 1.29 is 14.3 Å². The lowest BCUT2D eigenvalue weighted by molar-refractivity contribution is 0.0248. The van der Waals surface area contributed by atoms with Crippen molar-refractivity contribution in [1.82, 2.24) is 9.88 Å². The fourth-order valence-electron chi connectivity index (χ4n) is 3.10. The first-order valence-electron chi connectivity index (χ1n) is 9.70. The number of carbonyl (C=O) groups excluding carboxylic acids is 2. The third kappa shape index (κ3) is 4.53. The summed E-state index contributed by atoms with van der Waals surface area (Å²) in [5.74, 6) is 0.612. The fourth-order valence-corrected chi connectivity index (χ4v) is 3.32. The van der Waals surface area contributed by atoms with E-state index in [0.717, 1.165) is 16.9 Å². The van der Waals surface area contributed by atoms with Crippen molar-refractivity contribution >= 4 is 35.1 Å². The lowest BCUT2D eigenvalue weighted by Gasteiger charge is -2.23. The van der Waals surface area contributed by atoms with Gasteiger partial charge in [-0.2, -0.15) is 0 Å². The van der Waals surface area contributed by atoms with Gasteiger partial charge in [-0.05, 0) is 56.9 Å². The minimum Gasteiger partial charge on any atom is -0.443 e. The molecule has 6 nitrogen and oxygen atoms in total. The van der Waals surface area contributed by atoms with E-state index in [0.29, 0.717) is 33.6 Å². The molecule has 1 N–H and O–H groups in total. The zero-order valence-corrected chi connectivity index (χ0v) is 18.1. The number of nitrogens with one attached hydrogen (secondary N) is 1. The highest BCUT2D eigenvalue weighted by Gasteiger charge is 2.38. The molecule has 1 aromatic carbocycles. The van der Waals surface area contributed by atoms with Gasteiger partial charge in [0.25, 0.3) is 5.91 Å². The van der Waals surface area contributed by atoms with Crippen molar-refractivity contribution in [3.8, 4) is 0 Å². The Morgan fingerprint density at radius 1 is 1.31 bits per heavy atom. The van der Waals surface area contributed by atoms with E-state index in [1.807, 2.05) is 18.3 Å². The summed E-state index contributed by atoms with van der Waals surface area (Å²) in [5, 5.41) is 3.62. The highest BCUT2D eigenvalue weighted by atomic mass is 35.5. The average Bonchev–Trinajstić information content (AvgIpc) is 3.01. The molecule has 1 aromatic heterocycles. The molecule has 1 aliphatic heterocycles. The molecule has 154 valence electrons. The number of ether oxygens (including phenoxy) is 1. The van der Waals surface area contributed by atoms with Crippen LogP contribution in [-0.4, -0.2) is 27.5 Å². The lowest BCUT2D eigenvalue weighted by atomic mass is 10.0. The van der Waals surface area contributed by atoms with E-state index < -0.39 is 17.6 Å². The maximum absolute atomic E-state index is 13.0. The van der Waals surface area contributed by atoms with Crippen LogP contribution in [0.15, 0.2) is 30.5 Å². The smallest absolute Gasteiger partial charge is 0.417 e. The van der Waals surface area contributed by atoms with E-state index in [9.17, 15) is 9.59 Å². The first kappa shape index (κ1) is 21.1. The summed E-state index contributed by atoms with van der Waals surface area (Å²) in [6.45, 7) is 9.64. The van der Waals surface area contributed by atoms with E-state index in [1.54, 1.807) is 32.9 Å². The second kappa shape index (κ2) is 8.03. The summed E-state index contributed by atoms with van der Waals surface area (Å²) in [4.78, 5) is 31.0. The summed E-state index contributed by atoms with van der Waals surface area (Å²) >= 11 is 6.31. The van der Waals surface area contributed by atoms with Crippen LogP contribution in [0.3, 0.4) is 0 Å². The predicted octanol–water partition coefficient (Wildman–Crippen LogP) is 5.88. The van der Waals surface area contributed by atoms with Crippen molar-refractivity contribution in [2.75, 3.05) is 5.32 Å². The van der Waals surface area contributed by atoms with Crippen LogP contribution in [0.4, 0.5) is 16.3 Å². The number of fused-ring (bicyclic) bond motifs is 1. The molecular formula is C22H26ClN3O3. The number of imide groups is 1. The van der Waals surface area contributed by atoms with Crippen molar-refractivity contribution in [2.24, 2.45) is 0 Å². The Hall–Kier alpha value is -2.60. The molecule has 0 fully saturated rings. The van der Waals surface area contributed by atoms with Crippen LogP contribution in [-0.2, 0) is 11.3 Å². The van der Waals surface area contributed by atoms with Gasteiger partial charge in [0.2, 0.25) is 0 Å². The number of amides is 2. The van der Waals surface area contributed by atoms with Gasteiger partial charge in [0.15, 0.2) is 0 Å². The number of nitrogens with zero attached hydrogens (tertiary/aromatic N) is 2. The van der Waals surface area contributed by atoms with Crippen LogP contribution in [0.1, 0.15) is 68.4 Å². The molecule has 0 saturated heterocycles. The molecule has 2 heterocycles. The second-order valence-corrected chi connectivity index (χ2v) is 8.64. The Balaban J connectivity index is 1.87. The van der Waals surface area contributed by atoms with E-state index in [1.165, 1.54) is 0 Å². The molecule has 1 unspecified atom stereocenters. The highest BCUT2D eigenvalue weighted by Crippen LogP contribution is 2.36. The van der Waals surface area contributed by atoms with E-state index in [-0.39, 0.29) is 6.54 Å². The van der Waals surface area contributed by atoms with Crippen molar-refractivity contribution in [3.63, 3.8) is 0 Å². The largest absolute Gasteiger partial charge is 0.443 e. The van der Waals surface area contributed by atoms with E-state index >= 15 is 0 Å². The van der Waals surface area contributed by atoms with Crippen LogP contribution in [0, 0.1) is 0 Å². The first-order valence-corrected chi connectivity index (χ1v) is 10.1. The molecular weight excluding hydrogens is 390 g/mol. The summed E-state index contributed by atoms with van der Waals surface area (Å²) in [5.41, 5.74) is 1.99. The maximum atomic E-state index is 13.0. The van der Waals surface area contributed by atoms with Crippen LogP contribution < -0.4 is 5.32 Å². The fraction of sp³-hybridized carbons (Fsp3) is 0.409. The lowest BCUT2D eigenvalue weighted by Crippen LogP contribution is -2.37. The van der Waals surface area contributed by atoms with Gasteiger partial charge in [0.05, 0.1) is 17.8 Å². The number of hydrogen-bond donors (Lipinski definition) is 1. The number of benzene rings is 1. The molecule has 0 aliphatic carbocycles. The highest BCUT2D eigenvalue weighted by molar-refractivity contribution is 6.32. The average molecular weight is 416 g/mol. The minimum absolute atomic E-state index is 0.0812. The van der Waals surface area contributed by atoms with Crippen molar-refractivity contribution in [2.45, 2.75) is 59.1 Å². The molecule has 0 bridgehead atoms. The number of rotatable bonds is 4. The Labute approximate surface area is 176 Å². The zero-order chi connectivity index (χ0) is 21.3. The van der Waals surface area contributed by atoms with Gasteiger partial charge in [-0.25, -0.2) is 14.7 Å². The Bertz CT molecular complexity index is 936. The summed E-state index contributed by atoms with van der Waals surface area (Å²) in [6, 6.07) is 7.34. The van der Waals surface area contributed by atoms with Gasteiger partial charge in [-0.1, -0.05) is 31.5 Å². The molecule has 7 heteroatoms. The molecule has 0 saturated carbocycles. The van der Waals surface area contributed by atoms with E-state index in [2.05, 4.69) is 24.1 Å². The molecule has 0 spiro atoms. The number of halogens is 1. The predicted molar refractivity (Wildman–Crippen MR) is 114 cm³/mol. The minimum atomic E-state index is -0.696. The van der Waals surface area contributed by atoms with Gasteiger partial charge in [0, 0.05) is 16.8 Å². The van der Waals surface area contributed by atoms with Gasteiger partial charge in [0.1, 0.15) is 11.4 Å². The van der Waals surface area contributed by atoms with Gasteiger partial charge in [-0.15, -0.1) is 0 Å². The Morgan fingerprint density at radius 3 is 2.62 bits per heavy atom. The second-order valence-electron chi connectivity index (χ2n) is 8.23. The Morgan fingerprint density at radius 2 is 2.03 bits per heavy atom. The Kier molecular flexibility index (Phi) is 5.85. The molecule has 2 aromatic rings. The summed E-state index contributed by atoms with van der Waals surface area (Å²) in [7, 11) is 0. The normalized spacial score (nSPS) is 14.6. The zero-order valence-electron chi connectivity index (χ0n) is 17.4. The first-order chi connectivity index (χ1) is 13.6. The van der Waals surface area contributed by atoms with Crippen LogP contribution in [0.5, 0.6) is 0 Å². The molecule has 1 aliphatic rings. The van der Waals surface area contributed by atoms with Gasteiger partial charge in [-0.3, -0.25) is 4.79 Å². The van der Waals surface area contributed by atoms with Crippen LogP contribution in [0.25, 0.3) is 0 Å². The number of carbonyl (C=O) groups is 2. The summed E-state index contributed by atoms with van der Waals surface area (Å²) < 4.78 is 5.36. The third-order valence-corrected chi connectivity index (χ3v) is 5.23. The topological polar surface area (TPSA) is 71.5 Å². The molecule has 3 rings (SSSR count).